The van der Waals surface area contributed by atoms with Gasteiger partial charge in [-0.3, -0.25) is 10.1 Å². The first-order valence-corrected chi connectivity index (χ1v) is 6.48. The Morgan fingerprint density at radius 3 is 2.62 bits per heavy atom. The van der Waals surface area contributed by atoms with Crippen molar-refractivity contribution in [3.8, 4) is 6.07 Å². The highest BCUT2D eigenvalue weighted by Crippen LogP contribution is 2.31. The highest BCUT2D eigenvalue weighted by Gasteiger charge is 2.22. The minimum absolute atomic E-state index is 0.134. The lowest BCUT2D eigenvalue weighted by atomic mass is 10.0. The predicted molar refractivity (Wildman–Crippen MR) is 77.5 cm³/mol. The molecule has 1 N–H and O–H groups in total. The van der Waals surface area contributed by atoms with E-state index in [9.17, 15) is 14.9 Å². The lowest BCUT2D eigenvalue weighted by molar-refractivity contribution is -0.385. The summed E-state index contributed by atoms with van der Waals surface area (Å²) in [5.74, 6) is -1.49. The van der Waals surface area contributed by atoms with Crippen LogP contribution < -0.4 is 4.90 Å². The fourth-order valence-electron chi connectivity index (χ4n) is 2.09. The highest BCUT2D eigenvalue weighted by molar-refractivity contribution is 5.90. The second kappa shape index (κ2) is 6.70. The van der Waals surface area contributed by atoms with E-state index in [4.69, 9.17) is 10.4 Å². The third kappa shape index (κ3) is 3.69. The molecule has 0 saturated heterocycles. The average Bonchev–Trinajstić information content (AvgIpc) is 2.44. The predicted octanol–water partition coefficient (Wildman–Crippen LogP) is 2.59. The minimum Gasteiger partial charge on any atom is -0.478 e. The molecule has 0 saturated carbocycles. The van der Waals surface area contributed by atoms with Gasteiger partial charge >= 0.3 is 5.97 Å². The van der Waals surface area contributed by atoms with E-state index in [1.807, 2.05) is 6.92 Å². The molecule has 1 rings (SSSR count). The standard InChI is InChI=1S/C14H17N3O4/c1-4-16(8-9(2)7-15)12-5-11(14(18)19)6-13(10(12)3)17(20)21/h5-6,9H,4,8H2,1-3H3,(H,18,19). The maximum atomic E-state index is 11.1. The smallest absolute Gasteiger partial charge is 0.336 e. The molecule has 0 aliphatic heterocycles. The molecule has 1 aromatic rings. The molecule has 0 amide bonds. The van der Waals surface area contributed by atoms with E-state index in [-0.39, 0.29) is 17.2 Å². The van der Waals surface area contributed by atoms with Crippen LogP contribution in [0.2, 0.25) is 0 Å². The van der Waals surface area contributed by atoms with E-state index in [1.165, 1.54) is 6.07 Å². The Morgan fingerprint density at radius 2 is 2.19 bits per heavy atom. The number of nitro groups is 1. The van der Waals surface area contributed by atoms with Crippen LogP contribution in [-0.2, 0) is 0 Å². The van der Waals surface area contributed by atoms with Gasteiger partial charge in [-0.25, -0.2) is 4.79 Å². The number of carboxylic acids is 1. The van der Waals surface area contributed by atoms with Crippen LogP contribution in [0, 0.1) is 34.3 Å². The number of carboxylic acid groups (broad SMARTS) is 1. The summed E-state index contributed by atoms with van der Waals surface area (Å²) in [7, 11) is 0. The van der Waals surface area contributed by atoms with Crippen LogP contribution in [0.5, 0.6) is 0 Å². The summed E-state index contributed by atoms with van der Waals surface area (Å²) in [6.07, 6.45) is 0. The van der Waals surface area contributed by atoms with Crippen molar-refractivity contribution in [3.05, 3.63) is 33.4 Å². The summed E-state index contributed by atoms with van der Waals surface area (Å²) in [5.41, 5.74) is 0.515. The summed E-state index contributed by atoms with van der Waals surface area (Å²) in [6.45, 7) is 6.08. The van der Waals surface area contributed by atoms with Gasteiger partial charge in [-0.15, -0.1) is 0 Å². The molecule has 0 heterocycles. The third-order valence-electron chi connectivity index (χ3n) is 3.23. The Balaban J connectivity index is 3.41. The van der Waals surface area contributed by atoms with Gasteiger partial charge in [0.2, 0.25) is 0 Å². The summed E-state index contributed by atoms with van der Waals surface area (Å²) in [4.78, 5) is 23.4. The molecular weight excluding hydrogens is 274 g/mol. The summed E-state index contributed by atoms with van der Waals surface area (Å²) in [5, 5.41) is 29.1. The lowest BCUT2D eigenvalue weighted by Gasteiger charge is -2.26. The Labute approximate surface area is 122 Å². The van der Waals surface area contributed by atoms with Crippen LogP contribution in [-0.4, -0.2) is 29.1 Å². The average molecular weight is 291 g/mol. The Morgan fingerprint density at radius 1 is 1.57 bits per heavy atom. The molecule has 1 aromatic carbocycles. The van der Waals surface area contributed by atoms with Crippen LogP contribution in [0.3, 0.4) is 0 Å². The monoisotopic (exact) mass is 291 g/mol. The molecule has 21 heavy (non-hydrogen) atoms. The Bertz CT molecular complexity index is 607. The molecule has 0 bridgehead atoms. The number of anilines is 1. The first-order chi connectivity index (χ1) is 9.81. The first-order valence-electron chi connectivity index (χ1n) is 6.48. The van der Waals surface area contributed by atoms with Crippen LogP contribution in [0.15, 0.2) is 12.1 Å². The van der Waals surface area contributed by atoms with Gasteiger partial charge in [0.05, 0.1) is 28.0 Å². The molecule has 0 aromatic heterocycles. The highest BCUT2D eigenvalue weighted by atomic mass is 16.6. The molecular formula is C14H17N3O4. The van der Waals surface area contributed by atoms with Crippen molar-refractivity contribution in [2.75, 3.05) is 18.0 Å². The van der Waals surface area contributed by atoms with Crippen LogP contribution in [0.1, 0.15) is 29.8 Å². The Kier molecular flexibility index (Phi) is 5.24. The van der Waals surface area contributed by atoms with E-state index in [0.717, 1.165) is 6.07 Å². The number of nitriles is 1. The van der Waals surface area contributed by atoms with Crippen LogP contribution in [0.4, 0.5) is 11.4 Å². The lowest BCUT2D eigenvalue weighted by Crippen LogP contribution is -2.28. The van der Waals surface area contributed by atoms with Gasteiger partial charge in [-0.2, -0.15) is 5.26 Å². The van der Waals surface area contributed by atoms with Gasteiger partial charge in [0.1, 0.15) is 0 Å². The first kappa shape index (κ1) is 16.4. The number of nitrogens with zero attached hydrogens (tertiary/aromatic N) is 3. The van der Waals surface area contributed by atoms with Crippen LogP contribution >= 0.6 is 0 Å². The zero-order valence-electron chi connectivity index (χ0n) is 12.2. The van der Waals surface area contributed by atoms with E-state index < -0.39 is 10.9 Å². The van der Waals surface area contributed by atoms with Crippen molar-refractivity contribution in [1.29, 1.82) is 5.26 Å². The molecule has 0 aliphatic carbocycles. The van der Waals surface area contributed by atoms with Crippen molar-refractivity contribution >= 4 is 17.3 Å². The molecule has 0 fully saturated rings. The zero-order valence-corrected chi connectivity index (χ0v) is 12.2. The van der Waals surface area contributed by atoms with Crippen molar-refractivity contribution in [3.63, 3.8) is 0 Å². The molecule has 0 radical (unpaired) electrons. The van der Waals surface area contributed by atoms with E-state index in [0.29, 0.717) is 24.3 Å². The van der Waals surface area contributed by atoms with Crippen molar-refractivity contribution < 1.29 is 14.8 Å². The van der Waals surface area contributed by atoms with Crippen molar-refractivity contribution in [1.82, 2.24) is 0 Å². The minimum atomic E-state index is -1.22. The molecule has 7 heteroatoms. The topological polar surface area (TPSA) is 107 Å². The van der Waals surface area contributed by atoms with Gasteiger partial charge in [-0.05, 0) is 26.8 Å². The normalized spacial score (nSPS) is 11.5. The molecule has 1 unspecified atom stereocenters. The number of hydrogen-bond donors (Lipinski definition) is 1. The van der Waals surface area contributed by atoms with Gasteiger partial charge < -0.3 is 10.0 Å². The second-order valence-corrected chi connectivity index (χ2v) is 4.77. The maximum absolute atomic E-state index is 11.1. The van der Waals surface area contributed by atoms with Gasteiger partial charge in [0.25, 0.3) is 5.69 Å². The molecule has 0 spiro atoms. The molecule has 0 aliphatic rings. The zero-order chi connectivity index (χ0) is 16.2. The number of aromatic carboxylic acids is 1. The van der Waals surface area contributed by atoms with Crippen molar-refractivity contribution in [2.24, 2.45) is 5.92 Å². The quantitative estimate of drug-likeness (QED) is 0.637. The summed E-state index contributed by atoms with van der Waals surface area (Å²) < 4.78 is 0. The van der Waals surface area contributed by atoms with E-state index in [2.05, 4.69) is 6.07 Å². The maximum Gasteiger partial charge on any atom is 0.336 e. The second-order valence-electron chi connectivity index (χ2n) is 4.77. The van der Waals surface area contributed by atoms with E-state index >= 15 is 0 Å². The number of nitro benzene ring substituents is 1. The summed E-state index contributed by atoms with van der Waals surface area (Å²) in [6, 6.07) is 4.58. The molecule has 1 atom stereocenters. The summed E-state index contributed by atoms with van der Waals surface area (Å²) >= 11 is 0. The van der Waals surface area contributed by atoms with Gasteiger partial charge in [-0.1, -0.05) is 0 Å². The van der Waals surface area contributed by atoms with Gasteiger partial charge in [0, 0.05) is 24.8 Å². The fourth-order valence-corrected chi connectivity index (χ4v) is 2.09. The SMILES string of the molecule is CCN(CC(C)C#N)c1cc(C(=O)O)cc([N+](=O)[O-])c1C. The third-order valence-corrected chi connectivity index (χ3v) is 3.23. The fraction of sp³-hybridized carbons (Fsp3) is 0.429. The largest absolute Gasteiger partial charge is 0.478 e. The Hall–Kier alpha value is -2.62. The van der Waals surface area contributed by atoms with Crippen molar-refractivity contribution in [2.45, 2.75) is 20.8 Å². The number of benzene rings is 1. The molecule has 112 valence electrons. The number of hydrogen-bond acceptors (Lipinski definition) is 5. The van der Waals surface area contributed by atoms with Gasteiger partial charge in [0.15, 0.2) is 0 Å². The molecule has 7 nitrogen and oxygen atoms in total. The van der Waals surface area contributed by atoms with Crippen LogP contribution in [0.25, 0.3) is 0 Å². The number of rotatable bonds is 6. The number of carbonyl (C=O) groups is 1. The van der Waals surface area contributed by atoms with E-state index in [1.54, 1.807) is 18.7 Å².